The normalized spacial score (nSPS) is 19.5. The lowest BCUT2D eigenvalue weighted by molar-refractivity contribution is 0.385. The number of rotatable bonds is 8. The van der Waals surface area contributed by atoms with E-state index in [-0.39, 0.29) is 4.90 Å². The van der Waals surface area contributed by atoms with Gasteiger partial charge in [0, 0.05) is 18.4 Å². The average molecular weight is 615 g/mol. The predicted molar refractivity (Wildman–Crippen MR) is 183 cm³/mol. The van der Waals surface area contributed by atoms with Crippen molar-refractivity contribution in [3.8, 4) is 5.75 Å². The third kappa shape index (κ3) is 5.23. The fraction of sp³-hybridized carbons (Fsp3) is 0.205. The molecule has 0 amide bonds. The van der Waals surface area contributed by atoms with E-state index >= 15 is 0 Å². The summed E-state index contributed by atoms with van der Waals surface area (Å²) in [6.07, 6.45) is 1.68. The van der Waals surface area contributed by atoms with Crippen LogP contribution in [0.15, 0.2) is 131 Å². The summed E-state index contributed by atoms with van der Waals surface area (Å²) in [7, 11) is -2.37. The third-order valence-corrected chi connectivity index (χ3v) is 10.5. The molecule has 0 unspecified atom stereocenters. The van der Waals surface area contributed by atoms with Gasteiger partial charge in [-0.3, -0.25) is 0 Å². The van der Waals surface area contributed by atoms with Crippen LogP contribution in [0.5, 0.6) is 5.75 Å². The van der Waals surface area contributed by atoms with E-state index in [4.69, 9.17) is 4.74 Å². The maximum absolute atomic E-state index is 13.9. The van der Waals surface area contributed by atoms with Crippen LogP contribution in [0, 0.1) is 20.8 Å². The molecule has 0 N–H and O–H groups in total. The lowest BCUT2D eigenvalue weighted by Crippen LogP contribution is -2.56. The van der Waals surface area contributed by atoms with Gasteiger partial charge in [-0.05, 0) is 80.3 Å². The third-order valence-electron chi connectivity index (χ3n) is 9.22. The second-order valence-electron chi connectivity index (χ2n) is 12.1. The second kappa shape index (κ2) is 11.7. The Morgan fingerprint density at radius 1 is 0.733 bits per heavy atom. The first kappa shape index (κ1) is 30.4. The minimum atomic E-state index is -4.04. The fourth-order valence-corrected chi connectivity index (χ4v) is 7.51. The van der Waals surface area contributed by atoms with Crippen molar-refractivity contribution in [2.24, 2.45) is 4.40 Å². The molecule has 0 spiro atoms. The van der Waals surface area contributed by atoms with E-state index in [1.54, 1.807) is 37.6 Å². The maximum Gasteiger partial charge on any atom is 0.282 e. The molecule has 2 atom stereocenters. The van der Waals surface area contributed by atoms with E-state index in [1.165, 1.54) is 5.56 Å². The molecule has 0 saturated carbocycles. The fourth-order valence-electron chi connectivity index (χ4n) is 6.62. The average Bonchev–Trinajstić information content (AvgIpc) is 3.26. The highest BCUT2D eigenvalue weighted by atomic mass is 32.2. The highest BCUT2D eigenvalue weighted by Gasteiger charge is 2.60. The zero-order chi connectivity index (χ0) is 31.8. The van der Waals surface area contributed by atoms with Crippen LogP contribution in [0.2, 0.25) is 0 Å². The summed E-state index contributed by atoms with van der Waals surface area (Å²) in [5, 5.41) is 0. The van der Waals surface area contributed by atoms with Crippen molar-refractivity contribution in [2.45, 2.75) is 50.1 Å². The number of aryl methyl sites for hydroxylation is 3. The summed E-state index contributed by atoms with van der Waals surface area (Å²) in [6.45, 7) is 8.78. The first-order chi connectivity index (χ1) is 21.6. The number of nitrogens with zero attached hydrogens (tertiary/aromatic N) is 2. The van der Waals surface area contributed by atoms with E-state index < -0.39 is 21.0 Å². The lowest BCUT2D eigenvalue weighted by Gasteiger charge is -2.48. The van der Waals surface area contributed by atoms with E-state index in [9.17, 15) is 8.42 Å². The van der Waals surface area contributed by atoms with Crippen LogP contribution in [0.3, 0.4) is 0 Å². The molecule has 45 heavy (non-hydrogen) atoms. The molecule has 6 heteroatoms. The van der Waals surface area contributed by atoms with Gasteiger partial charge in [0.05, 0.1) is 17.4 Å². The summed E-state index contributed by atoms with van der Waals surface area (Å²) in [6, 6.07) is 40.1. The Balaban J connectivity index is 1.70. The standard InChI is InChI=1S/C39H38N2O3S/c1-28-11-17-31(18-12-28)26-41-37-24-21-34(44-5)25-36(37)38(4,32-9-7-6-8-10-32)39(41,33-19-13-29(2)14-20-33)27-40-45(42,43)35-22-15-30(3)16-23-35/h6-25,27H,26H2,1-5H3/b40-27+/t38-,39-/m1/s1. The smallest absolute Gasteiger partial charge is 0.282 e. The van der Waals surface area contributed by atoms with Crippen molar-refractivity contribution in [2.75, 3.05) is 12.0 Å². The Bertz CT molecular complexity index is 1950. The zero-order valence-corrected chi connectivity index (χ0v) is 27.2. The van der Waals surface area contributed by atoms with Crippen molar-refractivity contribution < 1.29 is 13.2 Å². The Hall–Kier alpha value is -4.68. The van der Waals surface area contributed by atoms with Gasteiger partial charge in [-0.15, -0.1) is 0 Å². The molecule has 0 bridgehead atoms. The largest absolute Gasteiger partial charge is 0.497 e. The number of methoxy groups -OCH3 is 1. The molecule has 1 aliphatic rings. The van der Waals surface area contributed by atoms with E-state index in [2.05, 4.69) is 103 Å². The first-order valence-electron chi connectivity index (χ1n) is 15.1. The molecule has 0 radical (unpaired) electrons. The number of fused-ring (bicyclic) bond motifs is 1. The molecule has 228 valence electrons. The summed E-state index contributed by atoms with van der Waals surface area (Å²) in [5.41, 5.74) is 6.51. The van der Waals surface area contributed by atoms with Gasteiger partial charge < -0.3 is 9.64 Å². The van der Waals surface area contributed by atoms with Crippen LogP contribution in [-0.2, 0) is 27.5 Å². The van der Waals surface area contributed by atoms with Crippen LogP contribution in [0.4, 0.5) is 5.69 Å². The molecule has 5 aromatic rings. The summed E-state index contributed by atoms with van der Waals surface area (Å²) in [4.78, 5) is 2.48. The van der Waals surface area contributed by atoms with Crippen molar-refractivity contribution in [3.05, 3.63) is 160 Å². The second-order valence-corrected chi connectivity index (χ2v) is 13.7. The summed E-state index contributed by atoms with van der Waals surface area (Å²) in [5.74, 6) is 0.732. The van der Waals surface area contributed by atoms with E-state index in [1.807, 2.05) is 31.2 Å². The number of hydrogen-bond donors (Lipinski definition) is 0. The summed E-state index contributed by atoms with van der Waals surface area (Å²) >= 11 is 0. The molecule has 0 aromatic heterocycles. The monoisotopic (exact) mass is 614 g/mol. The van der Waals surface area contributed by atoms with Crippen LogP contribution in [-0.4, -0.2) is 21.7 Å². The van der Waals surface area contributed by atoms with Gasteiger partial charge in [-0.25, -0.2) is 0 Å². The van der Waals surface area contributed by atoms with Crippen molar-refractivity contribution in [1.82, 2.24) is 0 Å². The van der Waals surface area contributed by atoms with E-state index in [0.717, 1.165) is 44.8 Å². The molecule has 1 heterocycles. The minimum absolute atomic E-state index is 0.159. The highest BCUT2D eigenvalue weighted by molar-refractivity contribution is 7.90. The lowest BCUT2D eigenvalue weighted by atomic mass is 9.62. The number of hydrogen-bond acceptors (Lipinski definition) is 4. The van der Waals surface area contributed by atoms with Crippen LogP contribution >= 0.6 is 0 Å². The Kier molecular flexibility index (Phi) is 7.88. The van der Waals surface area contributed by atoms with Gasteiger partial charge in [0.25, 0.3) is 10.0 Å². The molecule has 0 aliphatic carbocycles. The van der Waals surface area contributed by atoms with Crippen molar-refractivity contribution in [1.29, 1.82) is 0 Å². The van der Waals surface area contributed by atoms with Gasteiger partial charge in [0.1, 0.15) is 11.3 Å². The van der Waals surface area contributed by atoms with Crippen molar-refractivity contribution >= 4 is 21.9 Å². The molecule has 0 saturated heterocycles. The van der Waals surface area contributed by atoms with Crippen molar-refractivity contribution in [3.63, 3.8) is 0 Å². The molecule has 0 fully saturated rings. The molecule has 5 nitrogen and oxygen atoms in total. The van der Waals surface area contributed by atoms with Gasteiger partial charge >= 0.3 is 0 Å². The molecular formula is C39H38N2O3S. The molecular weight excluding hydrogens is 577 g/mol. The van der Waals surface area contributed by atoms with Gasteiger partial charge in [-0.1, -0.05) is 108 Å². The Labute approximate surface area is 266 Å². The molecule has 5 aromatic carbocycles. The number of anilines is 1. The van der Waals surface area contributed by atoms with Crippen LogP contribution in [0.1, 0.15) is 45.9 Å². The minimum Gasteiger partial charge on any atom is -0.497 e. The topological polar surface area (TPSA) is 59.0 Å². The Morgan fingerprint density at radius 2 is 1.31 bits per heavy atom. The SMILES string of the molecule is COc1ccc2c(c1)[C@@](C)(c1ccccc1)[C@@](/C=N/S(=O)(=O)c1ccc(C)cc1)(c1ccc(C)cc1)N2Cc1ccc(C)cc1. The Morgan fingerprint density at radius 3 is 1.91 bits per heavy atom. The van der Waals surface area contributed by atoms with Gasteiger partial charge in [0.2, 0.25) is 0 Å². The maximum atomic E-state index is 13.9. The van der Waals surface area contributed by atoms with Crippen LogP contribution in [0.25, 0.3) is 0 Å². The number of benzene rings is 5. The quantitative estimate of drug-likeness (QED) is 0.165. The zero-order valence-electron chi connectivity index (χ0n) is 26.4. The predicted octanol–water partition coefficient (Wildman–Crippen LogP) is 8.30. The number of sulfonamides is 1. The first-order valence-corrected chi connectivity index (χ1v) is 16.5. The van der Waals surface area contributed by atoms with Gasteiger partial charge in [0.15, 0.2) is 0 Å². The van der Waals surface area contributed by atoms with Gasteiger partial charge in [-0.2, -0.15) is 12.8 Å². The molecule has 6 rings (SSSR count). The van der Waals surface area contributed by atoms with Crippen LogP contribution < -0.4 is 9.64 Å². The highest BCUT2D eigenvalue weighted by Crippen LogP contribution is 2.60. The van der Waals surface area contributed by atoms with E-state index in [0.29, 0.717) is 6.54 Å². The molecule has 1 aliphatic heterocycles. The summed E-state index contributed by atoms with van der Waals surface area (Å²) < 4.78 is 38.1. The number of ether oxygens (including phenoxy) is 1.